The number of amides is 1. The quantitative estimate of drug-likeness (QED) is 0.698. The second-order valence-electron chi connectivity index (χ2n) is 5.05. The molecule has 0 bridgehead atoms. The van der Waals surface area contributed by atoms with Gasteiger partial charge in [-0.1, -0.05) is 48.0 Å². The number of fused-ring (bicyclic) bond motifs is 1. The van der Waals surface area contributed by atoms with Crippen LogP contribution in [-0.4, -0.2) is 10.5 Å². The summed E-state index contributed by atoms with van der Waals surface area (Å²) in [6, 6.07) is 15.4. The number of carbonyl (C=O) groups is 1. The molecule has 3 nitrogen and oxygen atoms in total. The first-order valence-electron chi connectivity index (χ1n) is 6.69. The first kappa shape index (κ1) is 13.9. The van der Waals surface area contributed by atoms with Gasteiger partial charge in [-0.25, -0.2) is 0 Å². The number of benzene rings is 2. The van der Waals surface area contributed by atoms with Crippen molar-refractivity contribution in [3.05, 3.63) is 70.6 Å². The minimum absolute atomic E-state index is 0.186. The summed E-state index contributed by atoms with van der Waals surface area (Å²) in [6.45, 7) is 2.01. The van der Waals surface area contributed by atoms with Gasteiger partial charge in [0.05, 0.1) is 5.57 Å². The zero-order valence-electron chi connectivity index (χ0n) is 11.6. The highest BCUT2D eigenvalue weighted by Gasteiger charge is 2.26. The molecule has 3 rings (SSSR count). The molecule has 1 aliphatic rings. The molecule has 1 N–H and O–H groups in total. The molecule has 0 aliphatic carbocycles. The van der Waals surface area contributed by atoms with E-state index in [0.717, 1.165) is 22.4 Å². The van der Waals surface area contributed by atoms with E-state index >= 15 is 0 Å². The van der Waals surface area contributed by atoms with E-state index in [-0.39, 0.29) is 5.91 Å². The Morgan fingerprint density at radius 1 is 1.19 bits per heavy atom. The number of hydrogen-bond donors (Lipinski definition) is 1. The standard InChI is InChI=1S/C17H15NO2S/c1-12-5-4-6-13(9-12)10-21(20)11-15-14-7-2-3-8-16(14)18-17(15)19/h2-9,11H,10H2,1H3,(H,18,19). The van der Waals surface area contributed by atoms with E-state index in [1.165, 1.54) is 0 Å². The molecule has 2 aromatic rings. The van der Waals surface area contributed by atoms with Crippen LogP contribution in [0.1, 0.15) is 16.7 Å². The zero-order valence-corrected chi connectivity index (χ0v) is 12.4. The molecule has 0 saturated carbocycles. The number of hydrogen-bond acceptors (Lipinski definition) is 2. The van der Waals surface area contributed by atoms with Crippen LogP contribution in [0, 0.1) is 6.92 Å². The van der Waals surface area contributed by atoms with Crippen LogP contribution < -0.4 is 5.32 Å². The van der Waals surface area contributed by atoms with Gasteiger partial charge in [0.15, 0.2) is 0 Å². The van der Waals surface area contributed by atoms with Gasteiger partial charge in [-0.15, -0.1) is 0 Å². The Morgan fingerprint density at radius 3 is 2.81 bits per heavy atom. The SMILES string of the molecule is Cc1cccc(C[S+]([O-])C=C2C(=O)Nc3ccccc32)c1. The molecule has 2 aromatic carbocycles. The van der Waals surface area contributed by atoms with E-state index in [4.69, 9.17) is 0 Å². The monoisotopic (exact) mass is 297 g/mol. The van der Waals surface area contributed by atoms with Gasteiger partial charge in [0.2, 0.25) is 0 Å². The zero-order chi connectivity index (χ0) is 14.8. The van der Waals surface area contributed by atoms with Crippen LogP contribution in [0.15, 0.2) is 53.9 Å². The van der Waals surface area contributed by atoms with Crippen LogP contribution in [0.5, 0.6) is 0 Å². The predicted octanol–water partition coefficient (Wildman–Crippen LogP) is 3.24. The first-order chi connectivity index (χ1) is 10.1. The molecule has 0 radical (unpaired) electrons. The van der Waals surface area contributed by atoms with Crippen LogP contribution in [0.25, 0.3) is 5.57 Å². The van der Waals surface area contributed by atoms with E-state index in [1.807, 2.05) is 55.5 Å². The van der Waals surface area contributed by atoms with Crippen LogP contribution in [-0.2, 0) is 21.7 Å². The Hall–Kier alpha value is -2.04. The van der Waals surface area contributed by atoms with Gasteiger partial charge in [-0.05, 0) is 24.2 Å². The highest BCUT2D eigenvalue weighted by Crippen LogP contribution is 2.32. The third-order valence-corrected chi connectivity index (χ3v) is 4.47. The maximum Gasteiger partial charge on any atom is 0.260 e. The number of para-hydroxylation sites is 1. The molecule has 1 atom stereocenters. The smallest absolute Gasteiger partial charge is 0.260 e. The molecular weight excluding hydrogens is 282 g/mol. The largest absolute Gasteiger partial charge is 0.612 e. The molecule has 1 aliphatic heterocycles. The van der Waals surface area contributed by atoms with E-state index < -0.39 is 11.2 Å². The summed E-state index contributed by atoms with van der Waals surface area (Å²) >= 11 is -1.22. The molecule has 0 aromatic heterocycles. The number of rotatable bonds is 3. The summed E-state index contributed by atoms with van der Waals surface area (Å²) in [5, 5.41) is 4.34. The lowest BCUT2D eigenvalue weighted by molar-refractivity contribution is -0.110. The summed E-state index contributed by atoms with van der Waals surface area (Å²) < 4.78 is 12.3. The maximum atomic E-state index is 12.3. The first-order valence-corrected chi connectivity index (χ1v) is 8.07. The summed E-state index contributed by atoms with van der Waals surface area (Å²) in [4.78, 5) is 12.0. The van der Waals surface area contributed by atoms with Crippen molar-refractivity contribution in [2.45, 2.75) is 12.7 Å². The fraction of sp³-hybridized carbons (Fsp3) is 0.118. The average molecular weight is 297 g/mol. The maximum absolute atomic E-state index is 12.3. The van der Waals surface area contributed by atoms with Gasteiger partial charge in [-0.3, -0.25) is 4.79 Å². The predicted molar refractivity (Wildman–Crippen MR) is 86.1 cm³/mol. The van der Waals surface area contributed by atoms with Crippen molar-refractivity contribution in [2.24, 2.45) is 0 Å². The average Bonchev–Trinajstić information content (AvgIpc) is 2.75. The molecule has 1 unspecified atom stereocenters. The Kier molecular flexibility index (Phi) is 3.82. The molecule has 1 heterocycles. The van der Waals surface area contributed by atoms with Gasteiger partial charge in [0, 0.05) is 16.8 Å². The lowest BCUT2D eigenvalue weighted by Crippen LogP contribution is -2.07. The van der Waals surface area contributed by atoms with E-state index in [2.05, 4.69) is 5.32 Å². The van der Waals surface area contributed by atoms with Crippen molar-refractivity contribution in [3.63, 3.8) is 0 Å². The Balaban J connectivity index is 1.83. The summed E-state index contributed by atoms with van der Waals surface area (Å²) in [6.07, 6.45) is 0. The van der Waals surface area contributed by atoms with Crippen molar-refractivity contribution >= 4 is 28.3 Å². The molecular formula is C17H15NO2S. The number of nitrogens with one attached hydrogen (secondary N) is 1. The van der Waals surface area contributed by atoms with Crippen molar-refractivity contribution in [2.75, 3.05) is 5.32 Å². The molecule has 0 fully saturated rings. The summed E-state index contributed by atoms with van der Waals surface area (Å²) in [7, 11) is 0. The van der Waals surface area contributed by atoms with Gasteiger partial charge in [0.1, 0.15) is 11.2 Å². The Morgan fingerprint density at radius 2 is 2.00 bits per heavy atom. The topological polar surface area (TPSA) is 52.2 Å². The van der Waals surface area contributed by atoms with Crippen LogP contribution >= 0.6 is 0 Å². The van der Waals surface area contributed by atoms with Crippen molar-refractivity contribution in [1.82, 2.24) is 0 Å². The second kappa shape index (κ2) is 5.76. The summed E-state index contributed by atoms with van der Waals surface area (Å²) in [5.41, 5.74) is 4.25. The Labute approximate surface area is 126 Å². The molecule has 4 heteroatoms. The second-order valence-corrected chi connectivity index (χ2v) is 6.33. The van der Waals surface area contributed by atoms with Gasteiger partial charge in [-0.2, -0.15) is 0 Å². The van der Waals surface area contributed by atoms with Crippen molar-refractivity contribution in [3.8, 4) is 0 Å². The number of aryl methyl sites for hydroxylation is 1. The molecule has 0 saturated heterocycles. The lowest BCUT2D eigenvalue weighted by atomic mass is 10.1. The molecule has 21 heavy (non-hydrogen) atoms. The highest BCUT2D eigenvalue weighted by atomic mass is 32.2. The van der Waals surface area contributed by atoms with Crippen LogP contribution in [0.2, 0.25) is 0 Å². The third kappa shape index (κ3) is 3.01. The fourth-order valence-corrected chi connectivity index (χ4v) is 3.48. The number of anilines is 1. The molecule has 1 amide bonds. The molecule has 106 valence electrons. The van der Waals surface area contributed by atoms with Crippen LogP contribution in [0.3, 0.4) is 0 Å². The normalized spacial score (nSPS) is 16.7. The fourth-order valence-electron chi connectivity index (χ4n) is 2.40. The summed E-state index contributed by atoms with van der Waals surface area (Å²) in [5.74, 6) is 0.231. The minimum Gasteiger partial charge on any atom is -0.612 e. The highest BCUT2D eigenvalue weighted by molar-refractivity contribution is 7.93. The van der Waals surface area contributed by atoms with E-state index in [1.54, 1.807) is 5.41 Å². The third-order valence-electron chi connectivity index (χ3n) is 3.35. The lowest BCUT2D eigenvalue weighted by Gasteiger charge is -2.07. The van der Waals surface area contributed by atoms with Crippen molar-refractivity contribution < 1.29 is 9.35 Å². The van der Waals surface area contributed by atoms with Gasteiger partial charge >= 0.3 is 0 Å². The van der Waals surface area contributed by atoms with Crippen LogP contribution in [0.4, 0.5) is 5.69 Å². The Bertz CT molecular complexity index is 724. The minimum atomic E-state index is -1.22. The van der Waals surface area contributed by atoms with Gasteiger partial charge in [0.25, 0.3) is 5.91 Å². The van der Waals surface area contributed by atoms with E-state index in [0.29, 0.717) is 11.3 Å². The van der Waals surface area contributed by atoms with E-state index in [9.17, 15) is 9.35 Å². The van der Waals surface area contributed by atoms with Crippen molar-refractivity contribution in [1.29, 1.82) is 0 Å². The molecule has 0 spiro atoms. The van der Waals surface area contributed by atoms with Gasteiger partial charge < -0.3 is 9.87 Å². The number of carbonyl (C=O) groups excluding carboxylic acids is 1.